The Morgan fingerprint density at radius 3 is 2.55 bits per heavy atom. The minimum atomic E-state index is -0.171. The SMILES string of the molecule is O=C(CCCOc1cccc2ccccc12)N1CCCN(C(=O)Nc2cccc(Cl)c2)CC1. The average Bonchev–Trinajstić information content (AvgIpc) is 3.08. The predicted octanol–water partition coefficient (Wildman–Crippen LogP) is 5.42. The van der Waals surface area contributed by atoms with Gasteiger partial charge in [0.05, 0.1) is 6.61 Å². The third-order valence-electron chi connectivity index (χ3n) is 5.75. The largest absolute Gasteiger partial charge is 0.493 e. The van der Waals surface area contributed by atoms with Crippen molar-refractivity contribution in [3.63, 3.8) is 0 Å². The van der Waals surface area contributed by atoms with Crippen LogP contribution in [0.15, 0.2) is 66.7 Å². The average molecular weight is 466 g/mol. The number of ether oxygens (including phenoxy) is 1. The Morgan fingerprint density at radius 2 is 1.67 bits per heavy atom. The van der Waals surface area contributed by atoms with Gasteiger partial charge in [-0.25, -0.2) is 4.79 Å². The van der Waals surface area contributed by atoms with Crippen LogP contribution in [-0.4, -0.2) is 54.5 Å². The first kappa shape index (κ1) is 22.9. The summed E-state index contributed by atoms with van der Waals surface area (Å²) in [5.41, 5.74) is 0.663. The van der Waals surface area contributed by atoms with Crippen molar-refractivity contribution in [2.45, 2.75) is 19.3 Å². The van der Waals surface area contributed by atoms with Gasteiger partial charge < -0.3 is 19.9 Å². The summed E-state index contributed by atoms with van der Waals surface area (Å²) in [6.07, 6.45) is 1.83. The minimum absolute atomic E-state index is 0.105. The molecular weight excluding hydrogens is 438 g/mol. The normalized spacial score (nSPS) is 14.1. The molecule has 1 fully saturated rings. The van der Waals surface area contributed by atoms with Gasteiger partial charge >= 0.3 is 6.03 Å². The van der Waals surface area contributed by atoms with Gasteiger partial charge in [0.1, 0.15) is 5.75 Å². The third-order valence-corrected chi connectivity index (χ3v) is 5.99. The number of hydrogen-bond acceptors (Lipinski definition) is 3. The van der Waals surface area contributed by atoms with Crippen LogP contribution in [-0.2, 0) is 4.79 Å². The number of anilines is 1. The van der Waals surface area contributed by atoms with E-state index in [1.807, 2.05) is 35.2 Å². The van der Waals surface area contributed by atoms with Crippen molar-refractivity contribution >= 4 is 40.0 Å². The van der Waals surface area contributed by atoms with Gasteiger partial charge in [0.25, 0.3) is 0 Å². The molecular formula is C26H28ClN3O3. The smallest absolute Gasteiger partial charge is 0.321 e. The highest BCUT2D eigenvalue weighted by Crippen LogP contribution is 2.25. The van der Waals surface area contributed by atoms with Crippen molar-refractivity contribution in [1.82, 2.24) is 9.80 Å². The standard InChI is InChI=1S/C26H28ClN3O3/c27-21-9-4-10-22(19-21)28-26(32)30-15-6-14-29(16-17-30)25(31)13-5-18-33-24-12-3-8-20-7-1-2-11-23(20)24/h1-4,7-12,19H,5-6,13-18H2,(H,28,32). The van der Waals surface area contributed by atoms with E-state index < -0.39 is 0 Å². The summed E-state index contributed by atoms with van der Waals surface area (Å²) in [7, 11) is 0. The van der Waals surface area contributed by atoms with Gasteiger partial charge in [-0.15, -0.1) is 0 Å². The van der Waals surface area contributed by atoms with Crippen molar-refractivity contribution in [2.75, 3.05) is 38.1 Å². The number of fused-ring (bicyclic) bond motifs is 1. The lowest BCUT2D eigenvalue weighted by molar-refractivity contribution is -0.131. The van der Waals surface area contributed by atoms with Gasteiger partial charge in [-0.2, -0.15) is 0 Å². The maximum Gasteiger partial charge on any atom is 0.321 e. The van der Waals surface area contributed by atoms with E-state index in [-0.39, 0.29) is 11.9 Å². The minimum Gasteiger partial charge on any atom is -0.493 e. The number of rotatable bonds is 6. The predicted molar refractivity (Wildman–Crippen MR) is 132 cm³/mol. The first-order chi connectivity index (χ1) is 16.1. The fraction of sp³-hybridized carbons (Fsp3) is 0.308. The van der Waals surface area contributed by atoms with Gasteiger partial charge in [0.15, 0.2) is 0 Å². The van der Waals surface area contributed by atoms with Crippen LogP contribution in [0.2, 0.25) is 5.02 Å². The number of benzene rings is 3. The number of hydrogen-bond donors (Lipinski definition) is 1. The van der Waals surface area contributed by atoms with Gasteiger partial charge in [0, 0.05) is 48.7 Å². The van der Waals surface area contributed by atoms with Gasteiger partial charge in [-0.05, 0) is 42.5 Å². The second-order valence-electron chi connectivity index (χ2n) is 8.09. The van der Waals surface area contributed by atoms with E-state index in [2.05, 4.69) is 17.4 Å². The summed E-state index contributed by atoms with van der Waals surface area (Å²) >= 11 is 5.99. The molecule has 3 aromatic rings. The fourth-order valence-corrected chi connectivity index (χ4v) is 4.21. The molecule has 3 amide bonds. The third kappa shape index (κ3) is 6.17. The highest BCUT2D eigenvalue weighted by molar-refractivity contribution is 6.30. The molecule has 0 aliphatic carbocycles. The molecule has 6 nitrogen and oxygen atoms in total. The summed E-state index contributed by atoms with van der Waals surface area (Å²) in [5.74, 6) is 0.949. The van der Waals surface area contributed by atoms with Crippen LogP contribution in [0.4, 0.5) is 10.5 Å². The number of carbonyl (C=O) groups excluding carboxylic acids is 2. The Morgan fingerprint density at radius 1 is 0.909 bits per heavy atom. The van der Waals surface area contributed by atoms with E-state index in [9.17, 15) is 9.59 Å². The number of halogens is 1. The van der Waals surface area contributed by atoms with E-state index in [1.165, 1.54) is 0 Å². The lowest BCUT2D eigenvalue weighted by Gasteiger charge is -2.22. The number of amides is 3. The molecule has 33 heavy (non-hydrogen) atoms. The monoisotopic (exact) mass is 465 g/mol. The molecule has 0 bridgehead atoms. The van der Waals surface area contributed by atoms with E-state index in [1.54, 1.807) is 29.2 Å². The zero-order chi connectivity index (χ0) is 23.0. The second-order valence-corrected chi connectivity index (χ2v) is 8.53. The van der Waals surface area contributed by atoms with Crippen molar-refractivity contribution in [3.05, 3.63) is 71.8 Å². The molecule has 1 N–H and O–H groups in total. The number of nitrogens with one attached hydrogen (secondary N) is 1. The van der Waals surface area contributed by atoms with Gasteiger partial charge in [0.2, 0.25) is 5.91 Å². The molecule has 1 heterocycles. The molecule has 0 atom stereocenters. The molecule has 0 saturated carbocycles. The quantitative estimate of drug-likeness (QED) is 0.494. The van der Waals surface area contributed by atoms with Gasteiger partial charge in [-0.1, -0.05) is 54.1 Å². The Balaban J connectivity index is 1.22. The molecule has 0 spiro atoms. The van der Waals surface area contributed by atoms with Crippen molar-refractivity contribution < 1.29 is 14.3 Å². The van der Waals surface area contributed by atoms with Crippen LogP contribution >= 0.6 is 11.6 Å². The highest BCUT2D eigenvalue weighted by Gasteiger charge is 2.22. The summed E-state index contributed by atoms with van der Waals surface area (Å²) in [6, 6.07) is 21.0. The molecule has 0 radical (unpaired) electrons. The Hall–Kier alpha value is -3.25. The van der Waals surface area contributed by atoms with Crippen LogP contribution in [0.5, 0.6) is 5.75 Å². The zero-order valence-corrected chi connectivity index (χ0v) is 19.3. The van der Waals surface area contributed by atoms with Gasteiger partial charge in [-0.3, -0.25) is 4.79 Å². The first-order valence-electron chi connectivity index (χ1n) is 11.3. The second kappa shape index (κ2) is 11.1. The van der Waals surface area contributed by atoms with Crippen molar-refractivity contribution in [1.29, 1.82) is 0 Å². The molecule has 0 aromatic heterocycles. The fourth-order valence-electron chi connectivity index (χ4n) is 4.02. The molecule has 7 heteroatoms. The molecule has 3 aromatic carbocycles. The maximum atomic E-state index is 12.7. The Labute approximate surface area is 199 Å². The maximum absolute atomic E-state index is 12.7. The summed E-state index contributed by atoms with van der Waals surface area (Å²) in [6.45, 7) is 2.79. The number of nitrogens with zero attached hydrogens (tertiary/aromatic N) is 2. The van der Waals surface area contributed by atoms with Crippen LogP contribution in [0.1, 0.15) is 19.3 Å². The number of carbonyl (C=O) groups is 2. The van der Waals surface area contributed by atoms with E-state index >= 15 is 0 Å². The van der Waals surface area contributed by atoms with Crippen molar-refractivity contribution in [2.24, 2.45) is 0 Å². The van der Waals surface area contributed by atoms with Crippen LogP contribution in [0.25, 0.3) is 10.8 Å². The first-order valence-corrected chi connectivity index (χ1v) is 11.7. The van der Waals surface area contributed by atoms with Crippen LogP contribution in [0.3, 0.4) is 0 Å². The lowest BCUT2D eigenvalue weighted by Crippen LogP contribution is -2.39. The molecule has 4 rings (SSSR count). The molecule has 172 valence electrons. The summed E-state index contributed by atoms with van der Waals surface area (Å²) < 4.78 is 5.95. The lowest BCUT2D eigenvalue weighted by atomic mass is 10.1. The zero-order valence-electron chi connectivity index (χ0n) is 18.5. The molecule has 1 aliphatic heterocycles. The van der Waals surface area contributed by atoms with Crippen molar-refractivity contribution in [3.8, 4) is 5.75 Å². The molecule has 1 aliphatic rings. The number of urea groups is 1. The molecule has 1 saturated heterocycles. The topological polar surface area (TPSA) is 61.9 Å². The van der Waals surface area contributed by atoms with Crippen LogP contribution < -0.4 is 10.1 Å². The summed E-state index contributed by atoms with van der Waals surface area (Å²) in [5, 5.41) is 5.67. The van der Waals surface area contributed by atoms with E-state index in [4.69, 9.17) is 16.3 Å². The highest BCUT2D eigenvalue weighted by atomic mass is 35.5. The van der Waals surface area contributed by atoms with E-state index in [0.29, 0.717) is 56.3 Å². The Kier molecular flexibility index (Phi) is 7.68. The molecule has 0 unspecified atom stereocenters. The summed E-state index contributed by atoms with van der Waals surface area (Å²) in [4.78, 5) is 28.9. The Bertz CT molecular complexity index is 1120. The van der Waals surface area contributed by atoms with Crippen LogP contribution in [0, 0.1) is 0 Å². The van der Waals surface area contributed by atoms with E-state index in [0.717, 1.165) is 22.9 Å².